The molecule has 0 unspecified atom stereocenters. The smallest absolute Gasteiger partial charge is 1.00 e. The van der Waals surface area contributed by atoms with Crippen molar-refractivity contribution in [2.24, 2.45) is 0 Å². The van der Waals surface area contributed by atoms with Crippen LogP contribution in [0.1, 0.15) is 0 Å². The molecule has 0 fully saturated rings. The first-order valence-corrected chi connectivity index (χ1v) is 7.32. The number of rotatable bonds is 3. The molecule has 0 spiro atoms. The van der Waals surface area contributed by atoms with E-state index in [1.54, 1.807) is 21.3 Å². The molecule has 0 N–H and O–H groups in total. The number of benzene rings is 3. The van der Waals surface area contributed by atoms with E-state index in [2.05, 4.69) is 18.2 Å². The fourth-order valence-electron chi connectivity index (χ4n) is 1.51. The van der Waals surface area contributed by atoms with Crippen molar-refractivity contribution in [2.45, 2.75) is 0 Å². The fourth-order valence-corrected chi connectivity index (χ4v) is 1.51. The molecule has 3 nitrogen and oxygen atoms in total. The van der Waals surface area contributed by atoms with Gasteiger partial charge in [0.15, 0.2) is 0 Å². The molecule has 0 saturated carbocycles. The molecule has 0 heterocycles. The van der Waals surface area contributed by atoms with E-state index in [0.29, 0.717) is 0 Å². The Morgan fingerprint density at radius 3 is 0.889 bits per heavy atom. The first-order valence-electron chi connectivity index (χ1n) is 7.32. The second-order valence-electron chi connectivity index (χ2n) is 4.29. The van der Waals surface area contributed by atoms with Crippen molar-refractivity contribution in [2.75, 3.05) is 21.3 Å². The summed E-state index contributed by atoms with van der Waals surface area (Å²) >= 11 is 0. The third kappa shape index (κ3) is 15.6. The van der Waals surface area contributed by atoms with Gasteiger partial charge in [-0.2, -0.15) is 0 Å². The summed E-state index contributed by atoms with van der Waals surface area (Å²) in [4.78, 5) is 0. The molecule has 0 atom stereocenters. The minimum Gasteiger partial charge on any atom is -1.00 e. The van der Waals surface area contributed by atoms with E-state index in [0.717, 1.165) is 17.2 Å². The van der Waals surface area contributed by atoms with Crippen LogP contribution in [0.5, 0.6) is 17.2 Å². The van der Waals surface area contributed by atoms with E-state index in [9.17, 15) is 0 Å². The van der Waals surface area contributed by atoms with Gasteiger partial charge in [0.1, 0.15) is 17.2 Å². The summed E-state index contributed by atoms with van der Waals surface area (Å²) in [6.07, 6.45) is 0. The number of hydrogen-bond donors (Lipinski definition) is 0. The maximum atomic E-state index is 4.86. The van der Waals surface area contributed by atoms with Gasteiger partial charge in [0.05, 0.1) is 21.3 Å². The van der Waals surface area contributed by atoms with Gasteiger partial charge in [0.25, 0.3) is 0 Å². The molecule has 6 heteroatoms. The van der Waals surface area contributed by atoms with Gasteiger partial charge in [0.2, 0.25) is 0 Å². The van der Waals surface area contributed by atoms with Crippen molar-refractivity contribution >= 4 is 26.2 Å². The van der Waals surface area contributed by atoms with Crippen LogP contribution in [0, 0.1) is 18.2 Å². The molecule has 6 radical (unpaired) electrons. The Morgan fingerprint density at radius 2 is 0.778 bits per heavy atom. The summed E-state index contributed by atoms with van der Waals surface area (Å²) < 4.78 is 14.6. The summed E-state index contributed by atoms with van der Waals surface area (Å²) in [5, 5.41) is 0. The Kier molecular flexibility index (Phi) is 24.1. The molecule has 0 saturated heterocycles. The van der Waals surface area contributed by atoms with Gasteiger partial charge >= 0.3 is 26.2 Å². The Balaban J connectivity index is -0.000000303. The predicted octanol–water partition coefficient (Wildman–Crippen LogP) is -1.89. The van der Waals surface area contributed by atoms with Crippen molar-refractivity contribution in [3.63, 3.8) is 0 Å². The van der Waals surface area contributed by atoms with Crippen LogP contribution in [0.15, 0.2) is 72.8 Å². The van der Waals surface area contributed by atoms with E-state index in [1.807, 2.05) is 72.8 Å². The zero-order chi connectivity index (χ0) is 17.5. The number of hydrogen-bond acceptors (Lipinski definition) is 3. The number of halogens is 2. The van der Waals surface area contributed by atoms with Crippen molar-refractivity contribution in [3.8, 4) is 17.2 Å². The van der Waals surface area contributed by atoms with E-state index in [1.165, 1.54) is 0 Å². The molecular weight excluding hydrogens is 669 g/mol. The van der Waals surface area contributed by atoms with Crippen LogP contribution in [-0.4, -0.2) is 47.5 Å². The summed E-state index contributed by atoms with van der Waals surface area (Å²) in [6, 6.07) is 31.2. The Bertz CT molecular complexity index is 547. The summed E-state index contributed by atoms with van der Waals surface area (Å²) in [6.45, 7) is 0. The Hall–Kier alpha value is -1.10. The van der Waals surface area contributed by atoms with Crippen molar-refractivity contribution < 1.29 is 48.2 Å². The quantitative estimate of drug-likeness (QED) is 0.302. The predicted molar refractivity (Wildman–Crippen MR) is 101 cm³/mol. The molecule has 0 amide bonds. The first-order chi connectivity index (χ1) is 11.8. The third-order valence-corrected chi connectivity index (χ3v) is 2.70. The summed E-state index contributed by atoms with van der Waals surface area (Å²) in [7, 11) is 4.89. The van der Waals surface area contributed by atoms with Crippen LogP contribution >= 0.6 is 0 Å². The minimum absolute atomic E-state index is 0. The second-order valence-corrected chi connectivity index (χ2v) is 4.29. The van der Waals surface area contributed by atoms with Crippen molar-refractivity contribution in [1.82, 2.24) is 0 Å². The Morgan fingerprint density at radius 1 is 0.519 bits per heavy atom. The minimum atomic E-state index is 0. The maximum absolute atomic E-state index is 4.86. The topological polar surface area (TPSA) is 27.7 Å². The van der Waals surface area contributed by atoms with Gasteiger partial charge < -0.3 is 48.2 Å². The van der Waals surface area contributed by atoms with Gasteiger partial charge in [-0.1, -0.05) is 54.6 Å². The molecule has 0 aliphatic carbocycles. The van der Waals surface area contributed by atoms with Gasteiger partial charge in [-0.3, -0.25) is 0 Å². The van der Waals surface area contributed by atoms with Crippen LogP contribution in [0.3, 0.4) is 0 Å². The van der Waals surface area contributed by atoms with Crippen LogP contribution in [-0.2, 0) is 0 Å². The van der Waals surface area contributed by atoms with Crippen molar-refractivity contribution in [3.05, 3.63) is 91.0 Å². The van der Waals surface area contributed by atoms with Crippen LogP contribution in [0.25, 0.3) is 0 Å². The summed E-state index contributed by atoms with van der Waals surface area (Å²) in [5.74, 6) is 2.35. The van der Waals surface area contributed by atoms with E-state index >= 15 is 0 Å². The van der Waals surface area contributed by atoms with E-state index in [-0.39, 0.29) is 60.2 Å². The standard InChI is InChI=1S/3C7H7O.Bi.2BrH/c3*1-8-7-5-3-2-4-6-7;;;/h3*2-5H,1H3;;2*1H/q;;;+2;;/p-2. The number of para-hydroxylation sites is 3. The van der Waals surface area contributed by atoms with Crippen LogP contribution < -0.4 is 48.2 Å². The normalized spacial score (nSPS) is 7.67. The molecule has 3 aromatic rings. The molecule has 142 valence electrons. The fraction of sp³-hybridized carbons (Fsp3) is 0.143. The third-order valence-electron chi connectivity index (χ3n) is 2.70. The molecular formula is C21H21BiBr2O3. The van der Waals surface area contributed by atoms with Gasteiger partial charge in [-0.25, -0.2) is 0 Å². The molecule has 3 rings (SSSR count). The zero-order valence-electron chi connectivity index (χ0n) is 15.4. The molecule has 0 bridgehead atoms. The summed E-state index contributed by atoms with van der Waals surface area (Å²) in [5.41, 5.74) is 0. The second kappa shape index (κ2) is 21.2. The molecule has 0 aliphatic heterocycles. The van der Waals surface area contributed by atoms with Crippen LogP contribution in [0.2, 0.25) is 0 Å². The Labute approximate surface area is 202 Å². The number of methoxy groups -OCH3 is 3. The zero-order valence-corrected chi connectivity index (χ0v) is 22.0. The monoisotopic (exact) mass is 688 g/mol. The van der Waals surface area contributed by atoms with Crippen molar-refractivity contribution in [1.29, 1.82) is 0 Å². The molecule has 3 aromatic carbocycles. The largest absolute Gasteiger partial charge is 2.00 e. The maximum Gasteiger partial charge on any atom is 2.00 e. The van der Waals surface area contributed by atoms with Gasteiger partial charge in [0, 0.05) is 18.2 Å². The van der Waals surface area contributed by atoms with Gasteiger partial charge in [-0.05, 0) is 18.2 Å². The molecule has 0 aromatic heterocycles. The van der Waals surface area contributed by atoms with E-state index < -0.39 is 0 Å². The van der Waals surface area contributed by atoms with Gasteiger partial charge in [-0.15, -0.1) is 0 Å². The average molecular weight is 690 g/mol. The number of ether oxygens (including phenoxy) is 3. The first kappa shape index (κ1) is 30.6. The molecule has 0 aliphatic rings. The SMILES string of the molecule is COc1[c]cccc1.COc1[c]cccc1.COc1[c]cccc1.[Bi+2].[Br-].[Br-]. The van der Waals surface area contributed by atoms with Crippen LogP contribution in [0.4, 0.5) is 0 Å². The molecule has 27 heavy (non-hydrogen) atoms. The van der Waals surface area contributed by atoms with E-state index in [4.69, 9.17) is 14.2 Å². The average Bonchev–Trinajstić information content (AvgIpc) is 2.71.